The van der Waals surface area contributed by atoms with Gasteiger partial charge in [-0.25, -0.2) is 4.98 Å². The maximum absolute atomic E-state index is 12.4. The molecule has 0 saturated carbocycles. The van der Waals surface area contributed by atoms with Crippen LogP contribution in [0, 0.1) is 0 Å². The van der Waals surface area contributed by atoms with Crippen LogP contribution in [0.2, 0.25) is 0 Å². The van der Waals surface area contributed by atoms with Crippen molar-refractivity contribution in [3.63, 3.8) is 0 Å². The number of hydrogen-bond donors (Lipinski definition) is 0. The fourth-order valence-corrected chi connectivity index (χ4v) is 5.80. The van der Waals surface area contributed by atoms with Gasteiger partial charge in [0.25, 0.3) is 11.8 Å². The Kier molecular flexibility index (Phi) is 5.52. The summed E-state index contributed by atoms with van der Waals surface area (Å²) in [5.74, 6) is 2.70. The smallest absolute Gasteiger partial charge is 0.268 e. The molecule has 0 N–H and O–H groups in total. The number of thioether (sulfide) groups is 2. The lowest BCUT2D eigenvalue weighted by molar-refractivity contribution is -0.137. The van der Waals surface area contributed by atoms with Gasteiger partial charge in [-0.05, 0) is 25.1 Å². The van der Waals surface area contributed by atoms with Gasteiger partial charge in [0, 0.05) is 50.4 Å². The first-order valence-electron chi connectivity index (χ1n) is 8.98. The minimum absolute atomic E-state index is 0.0813. The van der Waals surface area contributed by atoms with E-state index in [1.807, 2.05) is 24.4 Å². The van der Waals surface area contributed by atoms with E-state index < -0.39 is 0 Å². The number of carbonyl (C=O) groups is 2. The van der Waals surface area contributed by atoms with Crippen LogP contribution < -0.4 is 4.90 Å². The van der Waals surface area contributed by atoms with Crippen molar-refractivity contribution in [2.75, 3.05) is 55.7 Å². The summed E-state index contributed by atoms with van der Waals surface area (Å²) in [5.41, 5.74) is 0. The maximum Gasteiger partial charge on any atom is 0.268 e. The first-order valence-corrected chi connectivity index (χ1v) is 11.0. The van der Waals surface area contributed by atoms with Crippen LogP contribution in [-0.2, 0) is 9.59 Å². The monoisotopic (exact) mass is 390 g/mol. The zero-order valence-corrected chi connectivity index (χ0v) is 16.2. The molecule has 6 nitrogen and oxygen atoms in total. The third-order valence-electron chi connectivity index (χ3n) is 4.86. The number of aromatic nitrogens is 1. The van der Waals surface area contributed by atoms with E-state index in [4.69, 9.17) is 0 Å². The quantitative estimate of drug-likeness (QED) is 0.709. The lowest BCUT2D eigenvalue weighted by Crippen LogP contribution is -2.47. The largest absolute Gasteiger partial charge is 0.354 e. The maximum atomic E-state index is 12.4. The summed E-state index contributed by atoms with van der Waals surface area (Å²) >= 11 is 3.07. The molecular weight excluding hydrogens is 368 g/mol. The molecule has 1 aromatic rings. The second-order valence-electron chi connectivity index (χ2n) is 6.49. The van der Waals surface area contributed by atoms with Gasteiger partial charge in [0.2, 0.25) is 0 Å². The minimum Gasteiger partial charge on any atom is -0.354 e. The summed E-state index contributed by atoms with van der Waals surface area (Å²) in [6.07, 6.45) is 2.66. The van der Waals surface area contributed by atoms with Crippen LogP contribution >= 0.6 is 23.5 Å². The van der Waals surface area contributed by atoms with E-state index >= 15 is 0 Å². The minimum atomic E-state index is -0.0813. The van der Waals surface area contributed by atoms with Crippen LogP contribution in [0.15, 0.2) is 34.2 Å². The summed E-state index contributed by atoms with van der Waals surface area (Å²) in [6, 6.07) is 6.00. The molecule has 4 heterocycles. The van der Waals surface area contributed by atoms with Crippen molar-refractivity contribution in [1.29, 1.82) is 0 Å². The number of hydrogen-bond acceptors (Lipinski definition) is 7. The lowest BCUT2D eigenvalue weighted by atomic mass is 10.2. The normalized spacial score (nSPS) is 21.5. The Labute approximate surface area is 162 Å². The van der Waals surface area contributed by atoms with Gasteiger partial charge < -0.3 is 4.90 Å². The van der Waals surface area contributed by atoms with E-state index in [9.17, 15) is 9.59 Å². The summed E-state index contributed by atoms with van der Waals surface area (Å²) in [7, 11) is 0. The van der Waals surface area contributed by atoms with Crippen LogP contribution in [0.1, 0.15) is 6.42 Å². The summed E-state index contributed by atoms with van der Waals surface area (Å²) in [4.78, 5) is 36.8. The van der Waals surface area contributed by atoms with Gasteiger partial charge in [-0.15, -0.1) is 23.5 Å². The highest BCUT2D eigenvalue weighted by Crippen LogP contribution is 2.40. The number of anilines is 1. The molecule has 0 atom stereocenters. The number of imide groups is 1. The van der Waals surface area contributed by atoms with E-state index in [-0.39, 0.29) is 11.8 Å². The molecule has 8 heteroatoms. The Bertz CT molecular complexity index is 689. The van der Waals surface area contributed by atoms with Gasteiger partial charge >= 0.3 is 0 Å². The van der Waals surface area contributed by atoms with Crippen molar-refractivity contribution in [2.45, 2.75) is 6.42 Å². The molecule has 0 spiro atoms. The molecule has 1 fully saturated rings. The van der Waals surface area contributed by atoms with Crippen LogP contribution in [0.3, 0.4) is 0 Å². The molecule has 0 aromatic carbocycles. The Hall–Kier alpha value is -1.51. The lowest BCUT2D eigenvalue weighted by Gasteiger charge is -2.35. The number of piperazine rings is 1. The average molecular weight is 391 g/mol. The fraction of sp³-hybridized carbons (Fsp3) is 0.500. The van der Waals surface area contributed by atoms with Crippen LogP contribution in [0.25, 0.3) is 0 Å². The Balaban J connectivity index is 1.23. The molecule has 26 heavy (non-hydrogen) atoms. The second-order valence-corrected chi connectivity index (χ2v) is 8.70. The number of amides is 2. The van der Waals surface area contributed by atoms with E-state index in [1.54, 1.807) is 0 Å². The molecule has 0 radical (unpaired) electrons. The molecule has 3 aliphatic rings. The molecule has 1 saturated heterocycles. The molecule has 138 valence electrons. The summed E-state index contributed by atoms with van der Waals surface area (Å²) in [5, 5.41) is 0. The molecule has 2 amide bonds. The number of nitrogens with zero attached hydrogens (tertiary/aromatic N) is 4. The van der Waals surface area contributed by atoms with Crippen molar-refractivity contribution in [1.82, 2.24) is 14.8 Å². The first-order chi connectivity index (χ1) is 12.7. The average Bonchev–Trinajstić information content (AvgIpc) is 2.94. The first kappa shape index (κ1) is 17.9. The SMILES string of the molecule is O=C1C2=C(SCCS2)C(=O)N1CCCN1CCN(c2ccccn2)CC1. The van der Waals surface area contributed by atoms with Gasteiger partial charge in [-0.3, -0.25) is 19.4 Å². The van der Waals surface area contributed by atoms with Crippen molar-refractivity contribution in [3.8, 4) is 0 Å². The molecule has 1 aromatic heterocycles. The number of pyridine rings is 1. The van der Waals surface area contributed by atoms with Gasteiger partial charge in [0.15, 0.2) is 0 Å². The van der Waals surface area contributed by atoms with Crippen molar-refractivity contribution in [2.24, 2.45) is 0 Å². The van der Waals surface area contributed by atoms with E-state index in [0.29, 0.717) is 16.4 Å². The molecule has 0 bridgehead atoms. The van der Waals surface area contributed by atoms with Crippen molar-refractivity contribution >= 4 is 41.2 Å². The van der Waals surface area contributed by atoms with Crippen LogP contribution in [0.5, 0.6) is 0 Å². The molecule has 4 rings (SSSR count). The zero-order valence-electron chi connectivity index (χ0n) is 14.6. The third-order valence-corrected chi connectivity index (χ3v) is 7.40. The predicted octanol–water partition coefficient (Wildman–Crippen LogP) is 1.65. The Morgan fingerprint density at radius 2 is 1.62 bits per heavy atom. The molecule has 0 aliphatic carbocycles. The topological polar surface area (TPSA) is 56.8 Å². The number of rotatable bonds is 5. The van der Waals surface area contributed by atoms with E-state index in [0.717, 1.165) is 56.5 Å². The van der Waals surface area contributed by atoms with Crippen LogP contribution in [-0.4, -0.2) is 77.4 Å². The highest BCUT2D eigenvalue weighted by Gasteiger charge is 2.39. The predicted molar refractivity (Wildman–Crippen MR) is 106 cm³/mol. The van der Waals surface area contributed by atoms with Gasteiger partial charge in [-0.2, -0.15) is 0 Å². The molecule has 0 unspecified atom stereocenters. The van der Waals surface area contributed by atoms with E-state index in [2.05, 4.69) is 14.8 Å². The Morgan fingerprint density at radius 1 is 0.923 bits per heavy atom. The molecular formula is C18H22N4O2S2. The number of carbonyl (C=O) groups excluding carboxylic acids is 2. The standard InChI is InChI=1S/C18H22N4O2S2/c23-17-15-16(26-13-12-25-15)18(24)22(17)7-3-6-20-8-10-21(11-9-20)14-4-1-2-5-19-14/h1-2,4-5H,3,6-13H2. The van der Waals surface area contributed by atoms with Gasteiger partial charge in [-0.1, -0.05) is 6.07 Å². The summed E-state index contributed by atoms with van der Waals surface area (Å²) in [6.45, 7) is 5.32. The Morgan fingerprint density at radius 3 is 2.23 bits per heavy atom. The van der Waals surface area contributed by atoms with E-state index in [1.165, 1.54) is 28.4 Å². The highest BCUT2D eigenvalue weighted by molar-refractivity contribution is 8.11. The van der Waals surface area contributed by atoms with Crippen LogP contribution in [0.4, 0.5) is 5.82 Å². The second kappa shape index (κ2) is 8.02. The van der Waals surface area contributed by atoms with Gasteiger partial charge in [0.1, 0.15) is 5.82 Å². The summed E-state index contributed by atoms with van der Waals surface area (Å²) < 4.78 is 0. The zero-order chi connectivity index (χ0) is 17.9. The van der Waals surface area contributed by atoms with Crippen molar-refractivity contribution < 1.29 is 9.59 Å². The fourth-order valence-electron chi connectivity index (χ4n) is 3.47. The third kappa shape index (κ3) is 3.63. The van der Waals surface area contributed by atoms with Gasteiger partial charge in [0.05, 0.1) is 9.81 Å². The molecule has 3 aliphatic heterocycles. The highest BCUT2D eigenvalue weighted by atomic mass is 32.2. The van der Waals surface area contributed by atoms with Crippen molar-refractivity contribution in [3.05, 3.63) is 34.2 Å².